The SMILES string of the molecule is COS(=O)CC(C)(CO)OC(=O)C(C)(C)C(=O)OC1(C)COS(=O)(=O)C1. The second kappa shape index (κ2) is 7.89. The van der Waals surface area contributed by atoms with Gasteiger partial charge in [0.1, 0.15) is 18.0 Å². The lowest BCUT2D eigenvalue weighted by molar-refractivity contribution is -0.185. The first kappa shape index (κ1) is 23.0. The molecule has 3 atom stereocenters. The van der Waals surface area contributed by atoms with Crippen molar-refractivity contribution < 1.29 is 45.2 Å². The molecule has 1 saturated heterocycles. The fourth-order valence-electron chi connectivity index (χ4n) is 1.93. The van der Waals surface area contributed by atoms with Crippen molar-refractivity contribution >= 4 is 33.1 Å². The molecule has 0 aromatic carbocycles. The fourth-order valence-corrected chi connectivity index (χ4v) is 4.10. The van der Waals surface area contributed by atoms with Crippen molar-refractivity contribution in [3.05, 3.63) is 0 Å². The number of aliphatic hydroxyl groups is 1. The molecule has 12 heteroatoms. The first-order valence-electron chi connectivity index (χ1n) is 7.56. The molecule has 1 N–H and O–H groups in total. The van der Waals surface area contributed by atoms with Crippen LogP contribution in [0.25, 0.3) is 0 Å². The van der Waals surface area contributed by atoms with Crippen LogP contribution < -0.4 is 0 Å². The predicted molar refractivity (Wildman–Crippen MR) is 89.6 cm³/mol. The predicted octanol–water partition coefficient (Wildman–Crippen LogP) is -0.721. The zero-order valence-electron chi connectivity index (χ0n) is 15.3. The lowest BCUT2D eigenvalue weighted by atomic mass is 9.93. The Kier molecular flexibility index (Phi) is 6.96. The highest BCUT2D eigenvalue weighted by Crippen LogP contribution is 2.30. The lowest BCUT2D eigenvalue weighted by Crippen LogP contribution is -2.49. The molecule has 1 aliphatic rings. The van der Waals surface area contributed by atoms with Gasteiger partial charge in [-0.2, -0.15) is 8.42 Å². The molecule has 1 aliphatic heterocycles. The van der Waals surface area contributed by atoms with Gasteiger partial charge >= 0.3 is 11.9 Å². The molecular weight excluding hydrogens is 392 g/mol. The van der Waals surface area contributed by atoms with Crippen molar-refractivity contribution in [3.8, 4) is 0 Å². The van der Waals surface area contributed by atoms with Crippen LogP contribution in [0.3, 0.4) is 0 Å². The van der Waals surface area contributed by atoms with Crippen molar-refractivity contribution in [1.82, 2.24) is 0 Å². The van der Waals surface area contributed by atoms with Crippen molar-refractivity contribution in [2.75, 3.05) is 31.8 Å². The largest absolute Gasteiger partial charge is 0.455 e. The van der Waals surface area contributed by atoms with Crippen LogP contribution in [0.4, 0.5) is 0 Å². The first-order valence-corrected chi connectivity index (χ1v) is 10.4. The molecule has 0 saturated carbocycles. The average molecular weight is 416 g/mol. The van der Waals surface area contributed by atoms with Crippen LogP contribution in [0, 0.1) is 5.41 Å². The number of rotatable bonds is 8. The number of carbonyl (C=O) groups is 2. The summed E-state index contributed by atoms with van der Waals surface area (Å²) in [4.78, 5) is 24.8. The normalized spacial score (nSPS) is 25.9. The quantitative estimate of drug-likeness (QED) is 0.306. The molecule has 0 aliphatic carbocycles. The van der Waals surface area contributed by atoms with E-state index in [9.17, 15) is 27.3 Å². The van der Waals surface area contributed by atoms with Gasteiger partial charge in [-0.25, -0.2) is 4.21 Å². The van der Waals surface area contributed by atoms with E-state index in [2.05, 4.69) is 8.37 Å². The van der Waals surface area contributed by atoms with Crippen LogP contribution in [0.2, 0.25) is 0 Å². The second-order valence-electron chi connectivity index (χ2n) is 7.04. The zero-order valence-corrected chi connectivity index (χ0v) is 16.9. The molecule has 10 nitrogen and oxygen atoms in total. The summed E-state index contributed by atoms with van der Waals surface area (Å²) in [6.07, 6.45) is 0. The summed E-state index contributed by atoms with van der Waals surface area (Å²) in [6, 6.07) is 0. The van der Waals surface area contributed by atoms with Gasteiger partial charge in [-0.3, -0.25) is 18.0 Å². The Morgan fingerprint density at radius 2 is 1.85 bits per heavy atom. The summed E-state index contributed by atoms with van der Waals surface area (Å²) in [5.41, 5.74) is -4.77. The van der Waals surface area contributed by atoms with Crippen molar-refractivity contribution in [1.29, 1.82) is 0 Å². The number of ether oxygens (including phenoxy) is 2. The Bertz CT molecular complexity index is 686. The number of aliphatic hydroxyl groups excluding tert-OH is 1. The first-order chi connectivity index (χ1) is 11.7. The zero-order chi connectivity index (χ0) is 20.4. The van der Waals surface area contributed by atoms with Crippen molar-refractivity contribution in [3.63, 3.8) is 0 Å². The molecule has 0 bridgehead atoms. The standard InChI is InChI=1S/C14H24O10S2/c1-12(2,10(16)23-13(3,6-15)8-25(18)21-5)11(17)24-14(4)7-22-26(19,20)9-14/h15H,6-9H2,1-5H3. The van der Waals surface area contributed by atoms with Crippen molar-refractivity contribution in [2.45, 2.75) is 38.9 Å². The Morgan fingerprint density at radius 1 is 1.27 bits per heavy atom. The van der Waals surface area contributed by atoms with Gasteiger partial charge in [0.05, 0.1) is 19.5 Å². The number of carbonyl (C=O) groups excluding carboxylic acids is 2. The number of hydrogen-bond acceptors (Lipinski definition) is 10. The summed E-state index contributed by atoms with van der Waals surface area (Å²) >= 11 is -1.81. The van der Waals surface area contributed by atoms with Crippen LogP contribution >= 0.6 is 0 Å². The van der Waals surface area contributed by atoms with E-state index >= 15 is 0 Å². The molecule has 0 aromatic rings. The molecule has 1 rings (SSSR count). The average Bonchev–Trinajstić information content (AvgIpc) is 2.79. The lowest BCUT2D eigenvalue weighted by Gasteiger charge is -2.32. The molecule has 152 valence electrons. The topological polar surface area (TPSA) is 142 Å². The smallest absolute Gasteiger partial charge is 0.323 e. The van der Waals surface area contributed by atoms with Crippen LogP contribution in [0.5, 0.6) is 0 Å². The van der Waals surface area contributed by atoms with E-state index in [-0.39, 0.29) is 12.4 Å². The monoisotopic (exact) mass is 416 g/mol. The van der Waals surface area contributed by atoms with E-state index in [1.165, 1.54) is 34.8 Å². The van der Waals surface area contributed by atoms with Crippen LogP contribution in [-0.4, -0.2) is 72.7 Å². The molecule has 0 aromatic heterocycles. The molecule has 0 spiro atoms. The molecule has 1 heterocycles. The van der Waals surface area contributed by atoms with Crippen molar-refractivity contribution in [2.24, 2.45) is 5.41 Å². The summed E-state index contributed by atoms with van der Waals surface area (Å²) < 4.78 is 53.8. The van der Waals surface area contributed by atoms with E-state index < -0.39 is 62.1 Å². The van der Waals surface area contributed by atoms with E-state index in [0.717, 1.165) is 0 Å². The van der Waals surface area contributed by atoms with Gasteiger partial charge in [-0.1, -0.05) is 0 Å². The van der Waals surface area contributed by atoms with Gasteiger partial charge < -0.3 is 14.6 Å². The minimum atomic E-state index is -3.79. The minimum Gasteiger partial charge on any atom is -0.455 e. The highest BCUT2D eigenvalue weighted by molar-refractivity contribution is 7.87. The molecular formula is C14H24O10S2. The Morgan fingerprint density at radius 3 is 2.27 bits per heavy atom. The second-order valence-corrected chi connectivity index (χ2v) is 9.91. The fraction of sp³-hybridized carbons (Fsp3) is 0.857. The van der Waals surface area contributed by atoms with Crippen LogP contribution in [0.1, 0.15) is 27.7 Å². The molecule has 26 heavy (non-hydrogen) atoms. The van der Waals surface area contributed by atoms with Gasteiger partial charge in [-0.15, -0.1) is 0 Å². The third-order valence-corrected chi connectivity index (χ3v) is 6.33. The maximum Gasteiger partial charge on any atom is 0.323 e. The van der Waals surface area contributed by atoms with Gasteiger partial charge in [0.25, 0.3) is 10.1 Å². The van der Waals surface area contributed by atoms with E-state index in [1.54, 1.807) is 0 Å². The molecule has 0 amide bonds. The summed E-state index contributed by atoms with van der Waals surface area (Å²) in [5.74, 6) is -2.88. The van der Waals surface area contributed by atoms with Gasteiger partial charge in [0, 0.05) is 0 Å². The molecule has 0 radical (unpaired) electrons. The molecule has 3 unspecified atom stereocenters. The van der Waals surface area contributed by atoms with Gasteiger partial charge in [0.15, 0.2) is 22.1 Å². The Labute approximate surface area is 154 Å². The van der Waals surface area contributed by atoms with E-state index in [4.69, 9.17) is 9.47 Å². The molecule has 1 fully saturated rings. The van der Waals surface area contributed by atoms with Crippen LogP contribution in [-0.2, 0) is 48.6 Å². The van der Waals surface area contributed by atoms with Gasteiger partial charge in [-0.05, 0) is 27.7 Å². The third kappa shape index (κ3) is 5.71. The number of hydrogen-bond donors (Lipinski definition) is 1. The van der Waals surface area contributed by atoms with E-state index in [1.807, 2.05) is 0 Å². The van der Waals surface area contributed by atoms with Crippen LogP contribution in [0.15, 0.2) is 0 Å². The maximum atomic E-state index is 12.4. The van der Waals surface area contributed by atoms with E-state index in [0.29, 0.717) is 0 Å². The van der Waals surface area contributed by atoms with Gasteiger partial charge in [0.2, 0.25) is 0 Å². The third-order valence-electron chi connectivity index (χ3n) is 3.67. The highest BCUT2D eigenvalue weighted by Gasteiger charge is 2.49. The Hall–Kier alpha value is -1.08. The highest BCUT2D eigenvalue weighted by atomic mass is 32.2. The minimum absolute atomic E-state index is 0.305. The summed E-state index contributed by atoms with van der Waals surface area (Å²) in [5, 5.41) is 9.44. The summed E-state index contributed by atoms with van der Waals surface area (Å²) in [7, 11) is -2.60. The summed E-state index contributed by atoms with van der Waals surface area (Å²) in [6.45, 7) is 4.17. The maximum absolute atomic E-state index is 12.4. The number of esters is 2. The Balaban J connectivity index is 2.86.